The van der Waals surface area contributed by atoms with E-state index in [0.29, 0.717) is 17.7 Å². The van der Waals surface area contributed by atoms with Crippen LogP contribution in [0.25, 0.3) is 16.6 Å². The summed E-state index contributed by atoms with van der Waals surface area (Å²) in [5.74, 6) is -0.930. The first-order valence-corrected chi connectivity index (χ1v) is 6.92. The van der Waals surface area contributed by atoms with Crippen molar-refractivity contribution in [2.45, 2.75) is 13.5 Å². The number of aromatic nitrogens is 2. The van der Waals surface area contributed by atoms with E-state index in [-0.39, 0.29) is 11.1 Å². The van der Waals surface area contributed by atoms with Crippen LogP contribution in [0.3, 0.4) is 0 Å². The highest BCUT2D eigenvalue weighted by atomic mass is 19.1. The maximum absolute atomic E-state index is 14.4. The molecule has 0 bridgehead atoms. The lowest BCUT2D eigenvalue weighted by Crippen LogP contribution is -2.16. The van der Waals surface area contributed by atoms with Crippen molar-refractivity contribution < 1.29 is 19.0 Å². The molecule has 0 aliphatic heterocycles. The van der Waals surface area contributed by atoms with Crippen molar-refractivity contribution in [1.82, 2.24) is 9.13 Å². The lowest BCUT2D eigenvalue weighted by atomic mass is 10.1. The molecular weight excluding hydrogens is 303 g/mol. The fourth-order valence-corrected chi connectivity index (χ4v) is 2.49. The minimum atomic E-state index is -1.59. The number of hydrogen-bond acceptors (Lipinski definition) is 3. The van der Waals surface area contributed by atoms with Crippen molar-refractivity contribution in [2.75, 3.05) is 0 Å². The normalized spacial score (nSPS) is 10.9. The van der Waals surface area contributed by atoms with E-state index in [4.69, 9.17) is 5.11 Å². The topological polar surface area (TPSA) is 73.5 Å². The van der Waals surface area contributed by atoms with Crippen molar-refractivity contribution in [3.63, 3.8) is 0 Å². The quantitative estimate of drug-likeness (QED) is 0.754. The van der Waals surface area contributed by atoms with Gasteiger partial charge in [0.1, 0.15) is 5.82 Å². The van der Waals surface area contributed by atoms with Crippen LogP contribution >= 0.6 is 0 Å². The zero-order chi connectivity index (χ0) is 16.6. The molecule has 0 atom stereocenters. The SMILES string of the molecule is CCn1cc(OC(=O)O)c(=O)c2cc(F)c(-n3cccc3)cc21. The molecule has 0 saturated carbocycles. The number of rotatable bonds is 3. The highest BCUT2D eigenvalue weighted by molar-refractivity contribution is 5.83. The average Bonchev–Trinajstić information content (AvgIpc) is 3.03. The van der Waals surface area contributed by atoms with Gasteiger partial charge in [-0.25, -0.2) is 9.18 Å². The minimum Gasteiger partial charge on any atom is -0.449 e. The summed E-state index contributed by atoms with van der Waals surface area (Å²) >= 11 is 0. The summed E-state index contributed by atoms with van der Waals surface area (Å²) < 4.78 is 22.1. The monoisotopic (exact) mass is 316 g/mol. The molecule has 0 amide bonds. The first-order chi connectivity index (χ1) is 11.0. The Labute approximate surface area is 130 Å². The van der Waals surface area contributed by atoms with Gasteiger partial charge >= 0.3 is 6.16 Å². The number of aryl methyl sites for hydroxylation is 1. The number of nitrogens with zero attached hydrogens (tertiary/aromatic N) is 2. The molecule has 7 heteroatoms. The predicted molar refractivity (Wildman–Crippen MR) is 81.8 cm³/mol. The van der Waals surface area contributed by atoms with Crippen molar-refractivity contribution in [3.8, 4) is 11.4 Å². The number of fused-ring (bicyclic) bond motifs is 1. The van der Waals surface area contributed by atoms with Crippen LogP contribution in [0.15, 0.2) is 47.7 Å². The smallest absolute Gasteiger partial charge is 0.449 e. The van der Waals surface area contributed by atoms with Crippen molar-refractivity contribution >= 4 is 17.1 Å². The molecule has 1 N–H and O–H groups in total. The van der Waals surface area contributed by atoms with Gasteiger partial charge in [0, 0.05) is 18.9 Å². The molecule has 0 fully saturated rings. The third-order valence-electron chi connectivity index (χ3n) is 3.54. The van der Waals surface area contributed by atoms with Gasteiger partial charge in [0.2, 0.25) is 5.43 Å². The summed E-state index contributed by atoms with van der Waals surface area (Å²) in [6.45, 7) is 2.29. The fraction of sp³-hybridized carbons (Fsp3) is 0.125. The van der Waals surface area contributed by atoms with E-state index in [0.717, 1.165) is 6.07 Å². The molecule has 23 heavy (non-hydrogen) atoms. The molecule has 0 saturated heterocycles. The largest absolute Gasteiger partial charge is 0.511 e. The highest BCUT2D eigenvalue weighted by Gasteiger charge is 2.16. The first-order valence-electron chi connectivity index (χ1n) is 6.92. The fourth-order valence-electron chi connectivity index (χ4n) is 2.49. The van der Waals surface area contributed by atoms with Gasteiger partial charge in [0.15, 0.2) is 5.75 Å². The molecule has 0 aliphatic carbocycles. The van der Waals surface area contributed by atoms with Crippen LogP contribution in [0.1, 0.15) is 6.92 Å². The first kappa shape index (κ1) is 14.8. The molecule has 0 aliphatic rings. The molecule has 118 valence electrons. The van der Waals surface area contributed by atoms with Crippen LogP contribution in [-0.4, -0.2) is 20.4 Å². The Morgan fingerprint density at radius 2 is 2.00 bits per heavy atom. The van der Waals surface area contributed by atoms with E-state index in [9.17, 15) is 14.0 Å². The van der Waals surface area contributed by atoms with Crippen LogP contribution in [-0.2, 0) is 6.54 Å². The van der Waals surface area contributed by atoms with Gasteiger partial charge in [-0.2, -0.15) is 0 Å². The minimum absolute atomic E-state index is 0.0685. The molecule has 2 heterocycles. The lowest BCUT2D eigenvalue weighted by Gasteiger charge is -2.13. The standard InChI is InChI=1S/C16H13FN2O4/c1-2-18-9-14(23-16(21)22)15(20)10-7-11(17)13(8-12(10)18)19-5-3-4-6-19/h3-9H,2H2,1H3,(H,21,22). The number of benzene rings is 1. The van der Waals surface area contributed by atoms with Crippen molar-refractivity contribution in [2.24, 2.45) is 0 Å². The molecule has 0 unspecified atom stereocenters. The molecule has 1 aromatic carbocycles. The molecule has 3 rings (SSSR count). The van der Waals surface area contributed by atoms with E-state index in [1.807, 2.05) is 6.92 Å². The molecule has 6 nitrogen and oxygen atoms in total. The lowest BCUT2D eigenvalue weighted by molar-refractivity contribution is 0.144. The Hall–Kier alpha value is -3.09. The number of ether oxygens (including phenoxy) is 1. The van der Waals surface area contributed by atoms with Crippen LogP contribution in [0.2, 0.25) is 0 Å². The molecule has 0 radical (unpaired) electrons. The van der Waals surface area contributed by atoms with Crippen molar-refractivity contribution in [1.29, 1.82) is 0 Å². The maximum Gasteiger partial charge on any atom is 0.511 e. The third-order valence-corrected chi connectivity index (χ3v) is 3.54. The summed E-state index contributed by atoms with van der Waals surface area (Å²) in [5.41, 5.74) is 0.140. The van der Waals surface area contributed by atoms with E-state index in [2.05, 4.69) is 4.74 Å². The Kier molecular flexibility index (Phi) is 3.61. The van der Waals surface area contributed by atoms with Gasteiger partial charge in [-0.05, 0) is 31.2 Å². The van der Waals surface area contributed by atoms with Gasteiger partial charge in [-0.15, -0.1) is 0 Å². The summed E-state index contributed by atoms with van der Waals surface area (Å²) in [5, 5.41) is 8.77. The Balaban J connectivity index is 2.32. The van der Waals surface area contributed by atoms with Gasteiger partial charge < -0.3 is 19.0 Å². The van der Waals surface area contributed by atoms with Crippen LogP contribution in [0, 0.1) is 5.82 Å². The number of carboxylic acid groups (broad SMARTS) is 1. The summed E-state index contributed by atoms with van der Waals surface area (Å²) in [6, 6.07) is 6.19. The van der Waals surface area contributed by atoms with Gasteiger partial charge in [0.25, 0.3) is 0 Å². The summed E-state index contributed by atoms with van der Waals surface area (Å²) in [4.78, 5) is 23.0. The van der Waals surface area contributed by atoms with Crippen LogP contribution < -0.4 is 10.2 Å². The van der Waals surface area contributed by atoms with Crippen LogP contribution in [0.5, 0.6) is 5.75 Å². The second kappa shape index (κ2) is 5.60. The van der Waals surface area contributed by atoms with E-state index in [1.165, 1.54) is 6.20 Å². The zero-order valence-electron chi connectivity index (χ0n) is 12.2. The van der Waals surface area contributed by atoms with E-state index < -0.39 is 17.4 Å². The molecule has 3 aromatic rings. The molecule has 0 spiro atoms. The molecular formula is C16H13FN2O4. The Morgan fingerprint density at radius 3 is 2.61 bits per heavy atom. The number of hydrogen-bond donors (Lipinski definition) is 1. The number of halogens is 1. The Morgan fingerprint density at radius 1 is 1.30 bits per heavy atom. The second-order valence-corrected chi connectivity index (χ2v) is 4.89. The second-order valence-electron chi connectivity index (χ2n) is 4.89. The Bertz CT molecular complexity index is 945. The van der Waals surface area contributed by atoms with E-state index in [1.54, 1.807) is 39.7 Å². The molecule has 2 aromatic heterocycles. The predicted octanol–water partition coefficient (Wildman–Crippen LogP) is 3.01. The van der Waals surface area contributed by atoms with Crippen LogP contribution in [0.4, 0.5) is 9.18 Å². The maximum atomic E-state index is 14.4. The highest BCUT2D eigenvalue weighted by Crippen LogP contribution is 2.23. The van der Waals surface area contributed by atoms with E-state index >= 15 is 0 Å². The van der Waals surface area contributed by atoms with Crippen molar-refractivity contribution in [3.05, 3.63) is 58.9 Å². The van der Waals surface area contributed by atoms with Gasteiger partial charge in [-0.3, -0.25) is 4.79 Å². The third kappa shape index (κ3) is 2.57. The van der Waals surface area contributed by atoms with Gasteiger partial charge in [-0.1, -0.05) is 0 Å². The zero-order valence-corrected chi connectivity index (χ0v) is 12.2. The summed E-state index contributed by atoms with van der Waals surface area (Å²) in [6.07, 6.45) is 3.12. The average molecular weight is 316 g/mol. The number of carbonyl (C=O) groups is 1. The number of pyridine rings is 1. The van der Waals surface area contributed by atoms with Gasteiger partial charge in [0.05, 0.1) is 22.8 Å². The summed E-state index contributed by atoms with van der Waals surface area (Å²) in [7, 11) is 0.